The Bertz CT molecular complexity index is 460. The van der Waals surface area contributed by atoms with Crippen molar-refractivity contribution in [2.75, 3.05) is 6.54 Å². The molecule has 0 spiro atoms. The Balaban J connectivity index is 0.00000108. The summed E-state index contributed by atoms with van der Waals surface area (Å²) >= 11 is 1.84. The molecule has 0 atom stereocenters. The van der Waals surface area contributed by atoms with Gasteiger partial charge in [-0.1, -0.05) is 0 Å². The molecular formula is C12H14ClN3S. The van der Waals surface area contributed by atoms with Gasteiger partial charge >= 0.3 is 0 Å². The molecule has 0 saturated carbocycles. The van der Waals surface area contributed by atoms with Crippen LogP contribution in [-0.2, 0) is 19.4 Å². The van der Waals surface area contributed by atoms with E-state index in [1.54, 1.807) is 0 Å². The number of thiazole rings is 1. The molecule has 90 valence electrons. The molecule has 3 heterocycles. The minimum atomic E-state index is 0. The summed E-state index contributed by atoms with van der Waals surface area (Å²) in [5.74, 6) is 0. The zero-order valence-corrected chi connectivity index (χ0v) is 11.0. The van der Waals surface area contributed by atoms with Crippen molar-refractivity contribution in [2.24, 2.45) is 0 Å². The van der Waals surface area contributed by atoms with Gasteiger partial charge < -0.3 is 5.32 Å². The van der Waals surface area contributed by atoms with Crippen LogP contribution in [0, 0.1) is 0 Å². The lowest BCUT2D eigenvalue weighted by Gasteiger charge is -2.09. The number of aromatic nitrogens is 2. The highest BCUT2D eigenvalue weighted by atomic mass is 35.5. The minimum absolute atomic E-state index is 0. The number of hydrogen-bond donors (Lipinski definition) is 1. The Morgan fingerprint density at radius 1 is 1.29 bits per heavy atom. The summed E-state index contributed by atoms with van der Waals surface area (Å²) in [5.41, 5.74) is 2.59. The van der Waals surface area contributed by atoms with Gasteiger partial charge in [0.15, 0.2) is 0 Å². The third-order valence-electron chi connectivity index (χ3n) is 2.75. The smallest absolute Gasteiger partial charge is 0.0975 e. The van der Waals surface area contributed by atoms with Crippen LogP contribution in [0.4, 0.5) is 0 Å². The van der Waals surface area contributed by atoms with Crippen molar-refractivity contribution in [2.45, 2.75) is 19.4 Å². The van der Waals surface area contributed by atoms with E-state index < -0.39 is 0 Å². The van der Waals surface area contributed by atoms with E-state index in [0.717, 1.165) is 25.9 Å². The zero-order valence-electron chi connectivity index (χ0n) is 9.35. The summed E-state index contributed by atoms with van der Waals surface area (Å²) in [5, 5.41) is 4.60. The van der Waals surface area contributed by atoms with Gasteiger partial charge in [0.1, 0.15) is 0 Å². The molecule has 0 aromatic carbocycles. The van der Waals surface area contributed by atoms with Gasteiger partial charge in [-0.05, 0) is 17.7 Å². The topological polar surface area (TPSA) is 37.8 Å². The number of hydrogen-bond acceptors (Lipinski definition) is 4. The van der Waals surface area contributed by atoms with Crippen molar-refractivity contribution in [3.8, 4) is 0 Å². The Morgan fingerprint density at radius 3 is 2.88 bits per heavy atom. The van der Waals surface area contributed by atoms with Crippen molar-refractivity contribution in [3.05, 3.63) is 45.7 Å². The number of nitrogens with one attached hydrogen (secondary N) is 1. The molecule has 0 fully saturated rings. The quantitative estimate of drug-likeness (QED) is 0.907. The van der Waals surface area contributed by atoms with Crippen molar-refractivity contribution in [1.29, 1.82) is 0 Å². The first-order valence-electron chi connectivity index (χ1n) is 5.49. The Hall–Kier alpha value is -0.970. The van der Waals surface area contributed by atoms with Crippen molar-refractivity contribution in [3.63, 3.8) is 0 Å². The molecule has 0 saturated heterocycles. The molecule has 3 nitrogen and oxygen atoms in total. The van der Waals surface area contributed by atoms with E-state index in [9.17, 15) is 0 Å². The first-order chi connectivity index (χ1) is 7.92. The second kappa shape index (κ2) is 5.58. The molecule has 1 N–H and O–H groups in total. The van der Waals surface area contributed by atoms with Gasteiger partial charge in [0.2, 0.25) is 0 Å². The van der Waals surface area contributed by atoms with Crippen LogP contribution in [0.5, 0.6) is 0 Å². The molecule has 0 radical (unpaired) electrons. The van der Waals surface area contributed by atoms with Crippen molar-refractivity contribution < 1.29 is 0 Å². The van der Waals surface area contributed by atoms with Gasteiger partial charge in [-0.15, -0.1) is 23.7 Å². The molecule has 17 heavy (non-hydrogen) atoms. The second-order valence-corrected chi connectivity index (χ2v) is 5.10. The normalized spacial score (nSPS) is 13.9. The van der Waals surface area contributed by atoms with Crippen LogP contribution in [0.15, 0.2) is 24.5 Å². The summed E-state index contributed by atoms with van der Waals surface area (Å²) < 4.78 is 0. The van der Waals surface area contributed by atoms with Gasteiger partial charge in [-0.25, -0.2) is 4.98 Å². The summed E-state index contributed by atoms with van der Waals surface area (Å²) in [4.78, 5) is 10.1. The van der Waals surface area contributed by atoms with Gasteiger partial charge in [-0.3, -0.25) is 4.98 Å². The standard InChI is InChI=1S/C12H13N3S.ClH/c1-4-13-5-2-9(1)7-12-15-10-3-6-14-8-11(10)16-12;/h1-2,4-5,14H,3,6-8H2;1H. The average Bonchev–Trinajstić information content (AvgIpc) is 2.72. The summed E-state index contributed by atoms with van der Waals surface area (Å²) in [6.07, 6.45) is 5.68. The summed E-state index contributed by atoms with van der Waals surface area (Å²) in [6.45, 7) is 2.05. The van der Waals surface area contributed by atoms with E-state index in [0.29, 0.717) is 0 Å². The summed E-state index contributed by atoms with van der Waals surface area (Å²) in [6, 6.07) is 4.11. The van der Waals surface area contributed by atoms with Crippen LogP contribution in [-0.4, -0.2) is 16.5 Å². The highest BCUT2D eigenvalue weighted by molar-refractivity contribution is 7.11. The lowest BCUT2D eigenvalue weighted by molar-refractivity contribution is 0.643. The zero-order chi connectivity index (χ0) is 10.8. The maximum atomic E-state index is 4.70. The van der Waals surface area contributed by atoms with Crippen molar-refractivity contribution >= 4 is 23.7 Å². The maximum absolute atomic E-state index is 4.70. The molecule has 1 aliphatic rings. The number of nitrogens with zero attached hydrogens (tertiary/aromatic N) is 2. The third-order valence-corrected chi connectivity index (χ3v) is 3.85. The molecule has 2 aromatic heterocycles. The van der Waals surface area contributed by atoms with Crippen LogP contribution < -0.4 is 5.32 Å². The highest BCUT2D eigenvalue weighted by Crippen LogP contribution is 2.23. The number of halogens is 1. The second-order valence-electron chi connectivity index (χ2n) is 3.94. The average molecular weight is 268 g/mol. The molecule has 0 unspecified atom stereocenters. The van der Waals surface area contributed by atoms with E-state index in [1.165, 1.54) is 21.1 Å². The monoisotopic (exact) mass is 267 g/mol. The first-order valence-corrected chi connectivity index (χ1v) is 6.30. The van der Waals surface area contributed by atoms with Crippen LogP contribution in [0.25, 0.3) is 0 Å². The molecular weight excluding hydrogens is 254 g/mol. The number of rotatable bonds is 2. The Kier molecular flexibility index (Phi) is 4.10. The molecule has 0 aliphatic carbocycles. The Labute approximate surface area is 111 Å². The predicted octanol–water partition coefficient (Wildman–Crippen LogP) is 2.20. The van der Waals surface area contributed by atoms with Crippen LogP contribution in [0.1, 0.15) is 21.1 Å². The van der Waals surface area contributed by atoms with E-state index in [1.807, 2.05) is 23.7 Å². The van der Waals surface area contributed by atoms with Gasteiger partial charge in [-0.2, -0.15) is 0 Å². The minimum Gasteiger partial charge on any atom is -0.311 e. The largest absolute Gasteiger partial charge is 0.311 e. The maximum Gasteiger partial charge on any atom is 0.0975 e. The van der Waals surface area contributed by atoms with Crippen molar-refractivity contribution in [1.82, 2.24) is 15.3 Å². The highest BCUT2D eigenvalue weighted by Gasteiger charge is 2.14. The molecule has 3 rings (SSSR count). The fourth-order valence-corrected chi connectivity index (χ4v) is 3.05. The molecule has 1 aliphatic heterocycles. The van der Waals surface area contributed by atoms with Gasteiger partial charge in [0, 0.05) is 43.2 Å². The van der Waals surface area contributed by atoms with E-state index >= 15 is 0 Å². The van der Waals surface area contributed by atoms with Crippen LogP contribution >= 0.6 is 23.7 Å². The van der Waals surface area contributed by atoms with Gasteiger partial charge in [0.05, 0.1) is 10.7 Å². The SMILES string of the molecule is Cl.c1cc(Cc2nc3c(s2)CNCC3)ccn1. The predicted molar refractivity (Wildman–Crippen MR) is 71.8 cm³/mol. The molecule has 0 amide bonds. The fraction of sp³-hybridized carbons (Fsp3) is 0.333. The lowest BCUT2D eigenvalue weighted by atomic mass is 10.2. The number of fused-ring (bicyclic) bond motifs is 1. The third kappa shape index (κ3) is 2.83. The lowest BCUT2D eigenvalue weighted by Crippen LogP contribution is -2.22. The fourth-order valence-electron chi connectivity index (χ4n) is 1.93. The summed E-state index contributed by atoms with van der Waals surface area (Å²) in [7, 11) is 0. The number of pyridine rings is 1. The molecule has 2 aromatic rings. The van der Waals surface area contributed by atoms with Crippen LogP contribution in [0.2, 0.25) is 0 Å². The Morgan fingerprint density at radius 2 is 2.12 bits per heavy atom. The van der Waals surface area contributed by atoms with Crippen LogP contribution in [0.3, 0.4) is 0 Å². The van der Waals surface area contributed by atoms with E-state index in [-0.39, 0.29) is 12.4 Å². The molecule has 5 heteroatoms. The first kappa shape index (κ1) is 12.5. The van der Waals surface area contributed by atoms with Gasteiger partial charge in [0.25, 0.3) is 0 Å². The van der Waals surface area contributed by atoms with E-state index in [2.05, 4.69) is 22.4 Å². The van der Waals surface area contributed by atoms with E-state index in [4.69, 9.17) is 4.98 Å². The molecule has 0 bridgehead atoms.